The second-order valence-electron chi connectivity index (χ2n) is 5.04. The minimum atomic E-state index is -3.12. The highest BCUT2D eigenvalue weighted by Crippen LogP contribution is 2.23. The molecule has 1 fully saturated rings. The first-order valence-electron chi connectivity index (χ1n) is 6.54. The van der Waals surface area contributed by atoms with Gasteiger partial charge in [0.15, 0.2) is 0 Å². The fourth-order valence-electron chi connectivity index (χ4n) is 2.35. The number of hydrogen-bond donors (Lipinski definition) is 1. The minimum absolute atomic E-state index is 0.343. The van der Waals surface area contributed by atoms with Crippen molar-refractivity contribution >= 4 is 15.8 Å². The summed E-state index contributed by atoms with van der Waals surface area (Å²) >= 11 is 0. The van der Waals surface area contributed by atoms with Crippen molar-refractivity contribution in [2.24, 2.45) is 5.92 Å². The second kappa shape index (κ2) is 6.20. The molecule has 0 unspecified atom stereocenters. The highest BCUT2D eigenvalue weighted by Gasteiger charge is 2.22. The molecule has 2 rings (SSSR count). The van der Waals surface area contributed by atoms with Gasteiger partial charge in [0.25, 0.3) is 0 Å². The molecule has 0 spiro atoms. The maximum Gasteiger partial charge on any atom is 0.208 e. The van der Waals surface area contributed by atoms with Gasteiger partial charge in [0, 0.05) is 25.8 Å². The van der Waals surface area contributed by atoms with Crippen molar-refractivity contribution in [2.75, 3.05) is 30.8 Å². The Balaban J connectivity index is 1.93. The number of nitrogens with zero attached hydrogens (tertiary/aromatic N) is 3. The average molecular weight is 294 g/mol. The lowest BCUT2D eigenvalue weighted by molar-refractivity contribution is 0.401. The summed E-state index contributed by atoms with van der Waals surface area (Å²) in [6, 6.07) is 5.67. The van der Waals surface area contributed by atoms with Crippen molar-refractivity contribution in [1.29, 1.82) is 5.26 Å². The first-order valence-corrected chi connectivity index (χ1v) is 8.43. The molecule has 0 amide bonds. The van der Waals surface area contributed by atoms with Gasteiger partial charge in [0.2, 0.25) is 10.0 Å². The molecule has 0 radical (unpaired) electrons. The third kappa shape index (κ3) is 3.92. The molecule has 7 heteroatoms. The molecule has 1 N–H and O–H groups in total. The number of aromatic nitrogens is 1. The molecule has 0 aromatic carbocycles. The van der Waals surface area contributed by atoms with E-state index in [1.807, 2.05) is 0 Å². The number of nitrogens with one attached hydrogen (secondary N) is 1. The van der Waals surface area contributed by atoms with E-state index in [2.05, 4.69) is 20.7 Å². The molecule has 1 aliphatic heterocycles. The normalized spacial score (nSPS) is 16.9. The average Bonchev–Trinajstić information content (AvgIpc) is 2.45. The van der Waals surface area contributed by atoms with Crippen LogP contribution in [0.1, 0.15) is 18.4 Å². The van der Waals surface area contributed by atoms with Gasteiger partial charge in [-0.2, -0.15) is 5.26 Å². The number of nitriles is 1. The van der Waals surface area contributed by atoms with Gasteiger partial charge in [-0.3, -0.25) is 0 Å². The zero-order chi connectivity index (χ0) is 14.6. The van der Waals surface area contributed by atoms with Crippen molar-refractivity contribution in [2.45, 2.75) is 12.8 Å². The minimum Gasteiger partial charge on any atom is -0.356 e. The van der Waals surface area contributed by atoms with Crippen molar-refractivity contribution in [3.8, 4) is 6.07 Å². The Kier molecular flexibility index (Phi) is 4.57. The molecule has 0 bridgehead atoms. The fourth-order valence-corrected chi connectivity index (χ4v) is 2.89. The zero-order valence-corrected chi connectivity index (χ0v) is 12.2. The molecule has 1 aromatic rings. The van der Waals surface area contributed by atoms with E-state index in [4.69, 9.17) is 5.26 Å². The lowest BCUT2D eigenvalue weighted by Gasteiger charge is -2.33. The second-order valence-corrected chi connectivity index (χ2v) is 6.87. The van der Waals surface area contributed by atoms with Gasteiger partial charge in [0.1, 0.15) is 11.9 Å². The van der Waals surface area contributed by atoms with Crippen LogP contribution in [-0.4, -0.2) is 39.3 Å². The van der Waals surface area contributed by atoms with Gasteiger partial charge in [-0.05, 0) is 30.9 Å². The van der Waals surface area contributed by atoms with Crippen molar-refractivity contribution in [1.82, 2.24) is 9.71 Å². The van der Waals surface area contributed by atoms with Crippen LogP contribution in [0.5, 0.6) is 0 Å². The van der Waals surface area contributed by atoms with Crippen LogP contribution < -0.4 is 9.62 Å². The van der Waals surface area contributed by atoms with Crippen LogP contribution >= 0.6 is 0 Å². The van der Waals surface area contributed by atoms with Gasteiger partial charge >= 0.3 is 0 Å². The molecule has 1 aliphatic rings. The van der Waals surface area contributed by atoms with E-state index < -0.39 is 10.0 Å². The van der Waals surface area contributed by atoms with Crippen LogP contribution in [0.25, 0.3) is 0 Å². The van der Waals surface area contributed by atoms with Gasteiger partial charge in [0.05, 0.1) is 11.8 Å². The van der Waals surface area contributed by atoms with E-state index >= 15 is 0 Å². The topological polar surface area (TPSA) is 86.1 Å². The van der Waals surface area contributed by atoms with Crippen LogP contribution in [0.15, 0.2) is 18.3 Å². The Morgan fingerprint density at radius 2 is 2.20 bits per heavy atom. The third-order valence-electron chi connectivity index (χ3n) is 3.46. The number of pyridine rings is 1. The molecule has 20 heavy (non-hydrogen) atoms. The quantitative estimate of drug-likeness (QED) is 0.884. The lowest BCUT2D eigenvalue weighted by Crippen LogP contribution is -2.39. The predicted molar refractivity (Wildman–Crippen MR) is 76.7 cm³/mol. The number of hydrogen-bond acceptors (Lipinski definition) is 5. The van der Waals surface area contributed by atoms with Gasteiger partial charge < -0.3 is 4.90 Å². The summed E-state index contributed by atoms with van der Waals surface area (Å²) in [7, 11) is -3.12. The largest absolute Gasteiger partial charge is 0.356 e. The van der Waals surface area contributed by atoms with Gasteiger partial charge in [-0.1, -0.05) is 0 Å². The summed E-state index contributed by atoms with van der Waals surface area (Å²) in [6.07, 6.45) is 4.65. The molecule has 2 heterocycles. The number of sulfonamides is 1. The van der Waals surface area contributed by atoms with Gasteiger partial charge in [-0.25, -0.2) is 18.1 Å². The summed E-state index contributed by atoms with van der Waals surface area (Å²) in [5.74, 6) is 1.07. The summed E-state index contributed by atoms with van der Waals surface area (Å²) in [6.45, 7) is 2.07. The highest BCUT2D eigenvalue weighted by molar-refractivity contribution is 7.88. The van der Waals surface area contributed by atoms with Crippen molar-refractivity contribution in [3.63, 3.8) is 0 Å². The first-order chi connectivity index (χ1) is 9.49. The van der Waals surface area contributed by atoms with Crippen LogP contribution in [0.4, 0.5) is 5.82 Å². The zero-order valence-electron chi connectivity index (χ0n) is 11.4. The van der Waals surface area contributed by atoms with E-state index in [9.17, 15) is 8.42 Å². The predicted octanol–water partition coefficient (Wildman–Crippen LogP) is 0.719. The Bertz CT molecular complexity index is 601. The molecule has 6 nitrogen and oxygen atoms in total. The Morgan fingerprint density at radius 1 is 1.50 bits per heavy atom. The summed E-state index contributed by atoms with van der Waals surface area (Å²) < 4.78 is 24.7. The number of rotatable bonds is 4. The molecule has 0 atom stereocenters. The van der Waals surface area contributed by atoms with Gasteiger partial charge in [-0.15, -0.1) is 0 Å². The fraction of sp³-hybridized carbons (Fsp3) is 0.538. The summed E-state index contributed by atoms with van der Waals surface area (Å²) in [5, 5.41) is 9.08. The Hall–Kier alpha value is -1.65. The number of piperidine rings is 1. The van der Waals surface area contributed by atoms with Crippen molar-refractivity contribution in [3.05, 3.63) is 23.9 Å². The molecule has 108 valence electrons. The Morgan fingerprint density at radius 3 is 2.80 bits per heavy atom. The molecule has 1 saturated heterocycles. The molecule has 0 saturated carbocycles. The first kappa shape index (κ1) is 14.8. The third-order valence-corrected chi connectivity index (χ3v) is 4.15. The molecular formula is C13H18N4O2S. The number of anilines is 1. The molecular weight excluding hydrogens is 276 g/mol. The van der Waals surface area contributed by atoms with Crippen LogP contribution in [-0.2, 0) is 10.0 Å². The highest BCUT2D eigenvalue weighted by atomic mass is 32.2. The van der Waals surface area contributed by atoms with E-state index in [0.29, 0.717) is 18.0 Å². The van der Waals surface area contributed by atoms with Crippen LogP contribution in [0, 0.1) is 17.2 Å². The maximum atomic E-state index is 11.1. The Labute approximate surface area is 119 Å². The van der Waals surface area contributed by atoms with E-state index in [0.717, 1.165) is 31.7 Å². The maximum absolute atomic E-state index is 11.1. The van der Waals surface area contributed by atoms with E-state index in [-0.39, 0.29) is 0 Å². The molecule has 1 aromatic heterocycles. The summed E-state index contributed by atoms with van der Waals surface area (Å²) in [5.41, 5.74) is 0.584. The monoisotopic (exact) mass is 294 g/mol. The van der Waals surface area contributed by atoms with E-state index in [1.54, 1.807) is 18.3 Å². The summed E-state index contributed by atoms with van der Waals surface area (Å²) in [4.78, 5) is 6.37. The SMILES string of the molecule is CS(=O)(=O)NCC1CCN(c2ncccc2C#N)CC1. The lowest BCUT2D eigenvalue weighted by atomic mass is 9.97. The molecule has 0 aliphatic carbocycles. The standard InChI is InChI=1S/C13H18N4O2S/c1-20(18,19)16-10-11-4-7-17(8-5-11)13-12(9-14)3-2-6-15-13/h2-3,6,11,16H,4-5,7-8,10H2,1H3. The van der Waals surface area contributed by atoms with E-state index in [1.165, 1.54) is 6.26 Å². The van der Waals surface area contributed by atoms with Crippen LogP contribution in [0.3, 0.4) is 0 Å². The smallest absolute Gasteiger partial charge is 0.208 e. The van der Waals surface area contributed by atoms with Crippen molar-refractivity contribution < 1.29 is 8.42 Å². The van der Waals surface area contributed by atoms with Crippen LogP contribution in [0.2, 0.25) is 0 Å².